The highest BCUT2D eigenvalue weighted by molar-refractivity contribution is 7.14. The Labute approximate surface area is 153 Å². The van der Waals surface area contributed by atoms with Crippen molar-refractivity contribution in [2.75, 3.05) is 5.32 Å². The Kier molecular flexibility index (Phi) is 5.25. The molecule has 0 saturated heterocycles. The molecule has 3 rings (SSSR count). The quantitative estimate of drug-likeness (QED) is 0.676. The van der Waals surface area contributed by atoms with Crippen LogP contribution in [0.1, 0.15) is 21.5 Å². The van der Waals surface area contributed by atoms with Crippen LogP contribution in [0.15, 0.2) is 47.8 Å². The SMILES string of the molecule is Cc1ccc(C(=O)O[C@H](C)C(=O)Nc2nc(-c3ccccc3)cs2)s1. The summed E-state index contributed by atoms with van der Waals surface area (Å²) in [7, 11) is 0. The van der Waals surface area contributed by atoms with Crippen molar-refractivity contribution in [3.63, 3.8) is 0 Å². The van der Waals surface area contributed by atoms with Crippen molar-refractivity contribution < 1.29 is 14.3 Å². The summed E-state index contributed by atoms with van der Waals surface area (Å²) in [6.45, 7) is 3.45. The van der Waals surface area contributed by atoms with Crippen molar-refractivity contribution in [2.45, 2.75) is 20.0 Å². The topological polar surface area (TPSA) is 68.3 Å². The Morgan fingerprint density at radius 2 is 1.92 bits per heavy atom. The van der Waals surface area contributed by atoms with Crippen LogP contribution in [0.5, 0.6) is 0 Å². The van der Waals surface area contributed by atoms with E-state index < -0.39 is 18.0 Å². The lowest BCUT2D eigenvalue weighted by Gasteiger charge is -2.11. The van der Waals surface area contributed by atoms with Crippen LogP contribution in [0.4, 0.5) is 5.13 Å². The molecule has 1 N–H and O–H groups in total. The Morgan fingerprint density at radius 3 is 2.60 bits per heavy atom. The molecule has 0 aliphatic carbocycles. The van der Waals surface area contributed by atoms with Crippen LogP contribution in [0.3, 0.4) is 0 Å². The fourth-order valence-electron chi connectivity index (χ4n) is 2.10. The van der Waals surface area contributed by atoms with Gasteiger partial charge in [0.2, 0.25) is 0 Å². The van der Waals surface area contributed by atoms with Crippen LogP contribution < -0.4 is 5.32 Å². The molecular formula is C18H16N2O3S2. The standard InChI is InChI=1S/C18H16N2O3S2/c1-11-8-9-15(25-11)17(22)23-12(2)16(21)20-18-19-14(10-24-18)13-6-4-3-5-7-13/h3-10,12H,1-2H3,(H,19,20,21)/t12-/m1/s1. The molecule has 0 saturated carbocycles. The normalized spacial score (nSPS) is 11.8. The van der Waals surface area contributed by atoms with Crippen molar-refractivity contribution >= 4 is 39.7 Å². The van der Waals surface area contributed by atoms with E-state index in [4.69, 9.17) is 4.74 Å². The second-order valence-corrected chi connectivity index (χ2v) is 7.50. The van der Waals surface area contributed by atoms with Crippen molar-refractivity contribution in [2.24, 2.45) is 0 Å². The second kappa shape index (κ2) is 7.58. The molecule has 0 aliphatic heterocycles. The molecule has 0 unspecified atom stereocenters. The van der Waals surface area contributed by atoms with Crippen molar-refractivity contribution in [1.82, 2.24) is 4.98 Å². The number of ether oxygens (including phenoxy) is 1. The van der Waals surface area contributed by atoms with E-state index in [1.165, 1.54) is 22.7 Å². The zero-order valence-electron chi connectivity index (χ0n) is 13.7. The molecule has 25 heavy (non-hydrogen) atoms. The first kappa shape index (κ1) is 17.3. The van der Waals surface area contributed by atoms with E-state index >= 15 is 0 Å². The van der Waals surface area contributed by atoms with Crippen LogP contribution in [-0.4, -0.2) is 23.0 Å². The van der Waals surface area contributed by atoms with Gasteiger partial charge in [-0.2, -0.15) is 0 Å². The molecule has 3 aromatic rings. The fourth-order valence-corrected chi connectivity index (χ4v) is 3.57. The third-order valence-electron chi connectivity index (χ3n) is 3.40. The number of carbonyl (C=O) groups is 2. The Hall–Kier alpha value is -2.51. The van der Waals surface area contributed by atoms with E-state index in [0.29, 0.717) is 10.0 Å². The number of hydrogen-bond donors (Lipinski definition) is 1. The highest BCUT2D eigenvalue weighted by Gasteiger charge is 2.21. The Bertz CT molecular complexity index is 887. The summed E-state index contributed by atoms with van der Waals surface area (Å²) < 4.78 is 5.21. The minimum atomic E-state index is -0.904. The third-order valence-corrected chi connectivity index (χ3v) is 5.14. The maximum Gasteiger partial charge on any atom is 0.349 e. The van der Waals surface area contributed by atoms with Gasteiger partial charge in [0.1, 0.15) is 4.88 Å². The van der Waals surface area contributed by atoms with Crippen molar-refractivity contribution in [3.05, 3.63) is 57.6 Å². The molecule has 0 aliphatic rings. The van der Waals surface area contributed by atoms with Gasteiger partial charge in [-0.1, -0.05) is 30.3 Å². The number of anilines is 1. The zero-order valence-corrected chi connectivity index (χ0v) is 15.3. The van der Waals surface area contributed by atoms with Gasteiger partial charge in [-0.05, 0) is 26.0 Å². The van der Waals surface area contributed by atoms with Crippen LogP contribution in [0.25, 0.3) is 11.3 Å². The average Bonchev–Trinajstić information content (AvgIpc) is 3.24. The number of carbonyl (C=O) groups excluding carboxylic acids is 2. The monoisotopic (exact) mass is 372 g/mol. The zero-order chi connectivity index (χ0) is 17.8. The van der Waals surface area contributed by atoms with Gasteiger partial charge in [0, 0.05) is 15.8 Å². The molecule has 2 aromatic heterocycles. The number of nitrogens with one attached hydrogen (secondary N) is 1. The van der Waals surface area contributed by atoms with Gasteiger partial charge in [-0.15, -0.1) is 22.7 Å². The maximum atomic E-state index is 12.2. The van der Waals surface area contributed by atoms with E-state index in [9.17, 15) is 9.59 Å². The van der Waals surface area contributed by atoms with Gasteiger partial charge in [-0.25, -0.2) is 9.78 Å². The molecule has 0 fully saturated rings. The molecule has 2 heterocycles. The summed E-state index contributed by atoms with van der Waals surface area (Å²) in [6, 6.07) is 13.2. The van der Waals surface area contributed by atoms with Crippen LogP contribution in [0, 0.1) is 6.92 Å². The summed E-state index contributed by atoms with van der Waals surface area (Å²) >= 11 is 2.67. The molecule has 0 radical (unpaired) electrons. The number of aryl methyl sites for hydroxylation is 1. The summed E-state index contributed by atoms with van der Waals surface area (Å²) in [4.78, 5) is 30.1. The molecule has 0 bridgehead atoms. The van der Waals surface area contributed by atoms with E-state index in [0.717, 1.165) is 16.1 Å². The minimum absolute atomic E-state index is 0.407. The number of rotatable bonds is 5. The van der Waals surface area contributed by atoms with E-state index in [1.54, 1.807) is 13.0 Å². The van der Waals surface area contributed by atoms with Gasteiger partial charge in [0.25, 0.3) is 5.91 Å². The number of benzene rings is 1. The summed E-state index contributed by atoms with van der Waals surface area (Å²) in [5.74, 6) is -0.902. The molecule has 5 nitrogen and oxygen atoms in total. The van der Waals surface area contributed by atoms with Crippen LogP contribution in [-0.2, 0) is 9.53 Å². The lowest BCUT2D eigenvalue weighted by molar-refractivity contribution is -0.123. The van der Waals surface area contributed by atoms with Crippen molar-refractivity contribution in [3.8, 4) is 11.3 Å². The summed E-state index contributed by atoms with van der Waals surface area (Å²) in [6.07, 6.45) is -0.904. The fraction of sp³-hybridized carbons (Fsp3) is 0.167. The number of esters is 1. The predicted octanol–water partition coefficient (Wildman–Crippen LogP) is 4.36. The second-order valence-electron chi connectivity index (χ2n) is 5.35. The highest BCUT2D eigenvalue weighted by Crippen LogP contribution is 2.25. The number of hydrogen-bond acceptors (Lipinski definition) is 6. The molecule has 1 amide bonds. The smallest absolute Gasteiger partial charge is 0.349 e. The van der Waals surface area contributed by atoms with Crippen molar-refractivity contribution in [1.29, 1.82) is 0 Å². The van der Waals surface area contributed by atoms with Gasteiger partial charge in [-0.3, -0.25) is 10.1 Å². The van der Waals surface area contributed by atoms with Gasteiger partial charge >= 0.3 is 5.97 Å². The van der Waals surface area contributed by atoms with E-state index in [1.807, 2.05) is 48.7 Å². The Balaban J connectivity index is 1.60. The molecule has 1 aromatic carbocycles. The molecule has 1 atom stereocenters. The maximum absolute atomic E-state index is 12.2. The number of nitrogens with zero attached hydrogens (tertiary/aromatic N) is 1. The highest BCUT2D eigenvalue weighted by atomic mass is 32.1. The minimum Gasteiger partial charge on any atom is -0.448 e. The first-order chi connectivity index (χ1) is 12.0. The van der Waals surface area contributed by atoms with E-state index in [2.05, 4.69) is 10.3 Å². The predicted molar refractivity (Wildman–Crippen MR) is 100 cm³/mol. The number of aromatic nitrogens is 1. The third kappa shape index (κ3) is 4.32. The first-order valence-electron chi connectivity index (χ1n) is 7.62. The van der Waals surface area contributed by atoms with Crippen LogP contribution in [0.2, 0.25) is 0 Å². The molecular weight excluding hydrogens is 356 g/mol. The van der Waals surface area contributed by atoms with Gasteiger partial charge in [0.05, 0.1) is 5.69 Å². The molecule has 0 spiro atoms. The number of thiazole rings is 1. The number of thiophene rings is 1. The van der Waals surface area contributed by atoms with Crippen LogP contribution >= 0.6 is 22.7 Å². The van der Waals surface area contributed by atoms with Gasteiger partial charge in [0.15, 0.2) is 11.2 Å². The summed E-state index contributed by atoms with van der Waals surface area (Å²) in [5, 5.41) is 5.03. The first-order valence-corrected chi connectivity index (χ1v) is 9.32. The Morgan fingerprint density at radius 1 is 1.16 bits per heavy atom. The lowest BCUT2D eigenvalue weighted by atomic mass is 10.2. The summed E-state index contributed by atoms with van der Waals surface area (Å²) in [5.41, 5.74) is 1.77. The lowest BCUT2D eigenvalue weighted by Crippen LogP contribution is -2.29. The number of amides is 1. The molecule has 128 valence electrons. The van der Waals surface area contributed by atoms with E-state index in [-0.39, 0.29) is 0 Å². The average molecular weight is 372 g/mol. The van der Waals surface area contributed by atoms with Gasteiger partial charge < -0.3 is 4.74 Å². The largest absolute Gasteiger partial charge is 0.448 e. The molecule has 7 heteroatoms.